The number of rotatable bonds is 8. The molecule has 0 heterocycles. The minimum Gasteiger partial charge on any atom is -0.496 e. The van der Waals surface area contributed by atoms with Crippen molar-refractivity contribution in [3.8, 4) is 5.75 Å². The molecule has 0 aliphatic carbocycles. The van der Waals surface area contributed by atoms with E-state index in [1.165, 1.54) is 17.5 Å². The molecule has 0 fully saturated rings. The Morgan fingerprint density at radius 1 is 1.14 bits per heavy atom. The summed E-state index contributed by atoms with van der Waals surface area (Å²) in [4.78, 5) is 13.9. The first-order valence-electron chi connectivity index (χ1n) is 8.92. The molecule has 28 heavy (non-hydrogen) atoms. The number of nitrogens with zero attached hydrogens (tertiary/aromatic N) is 1. The second kappa shape index (κ2) is 9.45. The average Bonchev–Trinajstić information content (AvgIpc) is 2.69. The highest BCUT2D eigenvalue weighted by Gasteiger charge is 2.24. The van der Waals surface area contributed by atoms with E-state index in [2.05, 4.69) is 5.32 Å². The van der Waals surface area contributed by atoms with E-state index in [0.717, 1.165) is 4.90 Å². The third kappa shape index (κ3) is 4.68. The zero-order valence-electron chi connectivity index (χ0n) is 16.8. The molecule has 0 saturated carbocycles. The van der Waals surface area contributed by atoms with Crippen molar-refractivity contribution in [3.63, 3.8) is 0 Å². The molecule has 0 unspecified atom stereocenters. The third-order valence-electron chi connectivity index (χ3n) is 4.42. The monoisotopic (exact) mass is 422 g/mol. The molecule has 0 spiro atoms. The van der Waals surface area contributed by atoms with Crippen molar-refractivity contribution in [3.05, 3.63) is 47.5 Å². The molecule has 2 rings (SSSR count). The molecule has 0 saturated heterocycles. The normalized spacial score (nSPS) is 11.5. The molecule has 2 aromatic rings. The standard InChI is InChI=1S/C20H26N2O4S2/c1-6-22(7-2)28(24,25)19-12-15(9-8-14(19)3)21-20(23)17-11-10-16(27-5)13-18(17)26-4/h8-13H,6-7H2,1-5H3,(H,21,23). The fraction of sp³-hybridized carbons (Fsp3) is 0.350. The SMILES string of the molecule is CCN(CC)S(=O)(=O)c1cc(NC(=O)c2ccc(SC)cc2OC)ccc1C. The maximum Gasteiger partial charge on any atom is 0.259 e. The van der Waals surface area contributed by atoms with Gasteiger partial charge in [-0.1, -0.05) is 19.9 Å². The molecule has 0 aliphatic heterocycles. The number of hydrogen-bond acceptors (Lipinski definition) is 5. The van der Waals surface area contributed by atoms with Crippen LogP contribution in [0.2, 0.25) is 0 Å². The molecule has 152 valence electrons. The van der Waals surface area contributed by atoms with Gasteiger partial charge in [-0.3, -0.25) is 4.79 Å². The summed E-state index contributed by atoms with van der Waals surface area (Å²) in [6.45, 7) is 6.10. The average molecular weight is 423 g/mol. The first-order valence-corrected chi connectivity index (χ1v) is 11.6. The second-order valence-corrected chi connectivity index (χ2v) is 8.88. The van der Waals surface area contributed by atoms with Gasteiger partial charge < -0.3 is 10.1 Å². The summed E-state index contributed by atoms with van der Waals surface area (Å²) < 4.78 is 32.5. The summed E-state index contributed by atoms with van der Waals surface area (Å²) in [6.07, 6.45) is 1.94. The first-order chi connectivity index (χ1) is 13.3. The smallest absolute Gasteiger partial charge is 0.259 e. The fourth-order valence-corrected chi connectivity index (χ4v) is 4.98. The summed E-state index contributed by atoms with van der Waals surface area (Å²) >= 11 is 1.55. The van der Waals surface area contributed by atoms with E-state index in [9.17, 15) is 13.2 Å². The highest BCUT2D eigenvalue weighted by Crippen LogP contribution is 2.27. The lowest BCUT2D eigenvalue weighted by atomic mass is 10.1. The van der Waals surface area contributed by atoms with Gasteiger partial charge in [0.25, 0.3) is 5.91 Å². The molecule has 0 radical (unpaired) electrons. The van der Waals surface area contributed by atoms with Gasteiger partial charge >= 0.3 is 0 Å². The van der Waals surface area contributed by atoms with Crippen LogP contribution in [0, 0.1) is 6.92 Å². The van der Waals surface area contributed by atoms with Gasteiger partial charge in [-0.2, -0.15) is 4.31 Å². The van der Waals surface area contributed by atoms with E-state index in [0.29, 0.717) is 35.7 Å². The van der Waals surface area contributed by atoms with Crippen molar-refractivity contribution >= 4 is 33.4 Å². The number of sulfonamides is 1. The van der Waals surface area contributed by atoms with Crippen LogP contribution in [0.1, 0.15) is 29.8 Å². The maximum atomic E-state index is 12.9. The molecule has 0 bridgehead atoms. The highest BCUT2D eigenvalue weighted by molar-refractivity contribution is 7.98. The van der Waals surface area contributed by atoms with Crippen LogP contribution in [0.15, 0.2) is 46.2 Å². The highest BCUT2D eigenvalue weighted by atomic mass is 32.2. The number of anilines is 1. The van der Waals surface area contributed by atoms with Crippen LogP contribution in [-0.4, -0.2) is 45.1 Å². The Morgan fingerprint density at radius 3 is 2.39 bits per heavy atom. The van der Waals surface area contributed by atoms with E-state index in [1.807, 2.05) is 12.3 Å². The van der Waals surface area contributed by atoms with Crippen molar-refractivity contribution in [2.75, 3.05) is 31.8 Å². The van der Waals surface area contributed by atoms with Crippen LogP contribution in [-0.2, 0) is 10.0 Å². The number of carbonyl (C=O) groups is 1. The molecule has 1 N–H and O–H groups in total. The summed E-state index contributed by atoms with van der Waals surface area (Å²) in [5.74, 6) is 0.104. The van der Waals surface area contributed by atoms with E-state index >= 15 is 0 Å². The van der Waals surface area contributed by atoms with E-state index in [4.69, 9.17) is 4.74 Å². The lowest BCUT2D eigenvalue weighted by Crippen LogP contribution is -2.31. The van der Waals surface area contributed by atoms with Crippen LogP contribution in [0.4, 0.5) is 5.69 Å². The second-order valence-electron chi connectivity index (χ2n) is 6.09. The Bertz CT molecular complexity index is 955. The minimum atomic E-state index is -3.62. The predicted octanol–water partition coefficient (Wildman–Crippen LogP) is 4.01. The van der Waals surface area contributed by atoms with Gasteiger partial charge in [0.15, 0.2) is 0 Å². The third-order valence-corrected chi connectivity index (χ3v) is 7.34. The predicted molar refractivity (Wildman–Crippen MR) is 114 cm³/mol. The van der Waals surface area contributed by atoms with Crippen LogP contribution in [0.25, 0.3) is 0 Å². The van der Waals surface area contributed by atoms with Crippen LogP contribution in [0.5, 0.6) is 5.75 Å². The molecule has 1 amide bonds. The zero-order valence-corrected chi connectivity index (χ0v) is 18.4. The number of thioether (sulfide) groups is 1. The molecular formula is C20H26N2O4S2. The molecule has 6 nitrogen and oxygen atoms in total. The summed E-state index contributed by atoms with van der Waals surface area (Å²) in [7, 11) is -2.11. The van der Waals surface area contributed by atoms with Gasteiger partial charge in [0, 0.05) is 23.7 Å². The lowest BCUT2D eigenvalue weighted by molar-refractivity contribution is 0.102. The first kappa shape index (κ1) is 22.3. The van der Waals surface area contributed by atoms with Crippen molar-refractivity contribution in [1.29, 1.82) is 0 Å². The van der Waals surface area contributed by atoms with Gasteiger partial charge in [0.05, 0.1) is 17.6 Å². The Balaban J connectivity index is 2.37. The molecule has 0 atom stereocenters. The molecule has 2 aromatic carbocycles. The van der Waals surface area contributed by atoms with Gasteiger partial charge in [-0.25, -0.2) is 8.42 Å². The number of hydrogen-bond donors (Lipinski definition) is 1. The lowest BCUT2D eigenvalue weighted by Gasteiger charge is -2.20. The van der Waals surface area contributed by atoms with E-state index in [1.54, 1.807) is 56.8 Å². The van der Waals surface area contributed by atoms with Gasteiger partial charge in [0.1, 0.15) is 5.75 Å². The largest absolute Gasteiger partial charge is 0.496 e. The number of carbonyl (C=O) groups excluding carboxylic acids is 1. The molecular weight excluding hydrogens is 396 g/mol. The Morgan fingerprint density at radius 2 is 1.82 bits per heavy atom. The number of nitrogens with one attached hydrogen (secondary N) is 1. The van der Waals surface area contributed by atoms with Crippen molar-refractivity contribution in [1.82, 2.24) is 4.31 Å². The summed E-state index contributed by atoms with van der Waals surface area (Å²) in [5.41, 5.74) is 1.43. The van der Waals surface area contributed by atoms with Gasteiger partial charge in [0.2, 0.25) is 10.0 Å². The molecule has 0 aromatic heterocycles. The van der Waals surface area contributed by atoms with Crippen LogP contribution >= 0.6 is 11.8 Å². The van der Waals surface area contributed by atoms with Crippen molar-refractivity contribution in [2.45, 2.75) is 30.6 Å². The minimum absolute atomic E-state index is 0.193. The molecule has 8 heteroatoms. The van der Waals surface area contributed by atoms with E-state index in [-0.39, 0.29) is 10.8 Å². The summed E-state index contributed by atoms with van der Waals surface area (Å²) in [6, 6.07) is 10.2. The Hall–Kier alpha value is -2.03. The van der Waals surface area contributed by atoms with Gasteiger partial charge in [-0.15, -0.1) is 11.8 Å². The van der Waals surface area contributed by atoms with E-state index < -0.39 is 10.0 Å². The number of amides is 1. The summed E-state index contributed by atoms with van der Waals surface area (Å²) in [5, 5.41) is 2.78. The molecule has 0 aliphatic rings. The number of methoxy groups -OCH3 is 1. The Labute approximate surface area is 171 Å². The van der Waals surface area contributed by atoms with Gasteiger partial charge in [-0.05, 0) is 49.1 Å². The Kier molecular flexibility index (Phi) is 7.51. The number of ether oxygens (including phenoxy) is 1. The van der Waals surface area contributed by atoms with Crippen LogP contribution < -0.4 is 10.1 Å². The zero-order chi connectivity index (χ0) is 20.9. The topological polar surface area (TPSA) is 75.7 Å². The number of aryl methyl sites for hydroxylation is 1. The maximum absolute atomic E-state index is 12.9. The fourth-order valence-electron chi connectivity index (χ4n) is 2.84. The van der Waals surface area contributed by atoms with Crippen molar-refractivity contribution < 1.29 is 17.9 Å². The van der Waals surface area contributed by atoms with Crippen LogP contribution in [0.3, 0.4) is 0 Å². The quantitative estimate of drug-likeness (QED) is 0.651. The number of benzene rings is 2. The van der Waals surface area contributed by atoms with Crippen molar-refractivity contribution in [2.24, 2.45) is 0 Å².